The molecule has 2 rings (SSSR count). The summed E-state index contributed by atoms with van der Waals surface area (Å²) in [7, 11) is 0. The molecule has 0 atom stereocenters. The number of hydrogen-bond donors (Lipinski definition) is 2. The van der Waals surface area contributed by atoms with E-state index in [0.717, 1.165) is 0 Å². The van der Waals surface area contributed by atoms with Gasteiger partial charge in [0.1, 0.15) is 11.1 Å². The predicted molar refractivity (Wildman–Crippen MR) is 117 cm³/mol. The van der Waals surface area contributed by atoms with Crippen LogP contribution in [0.3, 0.4) is 0 Å². The lowest BCUT2D eigenvalue weighted by atomic mass is 10.1. The number of likely N-dealkylation sites (N-methyl/N-ethyl adjacent to an activating group) is 2. The fraction of sp³-hybridized carbons (Fsp3) is 0.474. The first kappa shape index (κ1) is 23.0. The number of hydrogen-bond acceptors (Lipinski definition) is 6. The first-order valence-electron chi connectivity index (χ1n) is 9.49. The van der Waals surface area contributed by atoms with Crippen LogP contribution in [0.1, 0.15) is 33.3 Å². The van der Waals surface area contributed by atoms with E-state index in [1.807, 2.05) is 13.8 Å². The summed E-state index contributed by atoms with van der Waals surface area (Å²) in [6.07, 6.45) is 4.17. The molecule has 1 N–H and O–H groups in total. The molecule has 0 bridgehead atoms. The normalized spacial score (nSPS) is 17.6. The van der Waals surface area contributed by atoms with Crippen molar-refractivity contribution in [3.8, 4) is 5.88 Å². The Morgan fingerprint density at radius 3 is 1.93 bits per heavy atom. The van der Waals surface area contributed by atoms with E-state index in [-0.39, 0.29) is 21.8 Å². The number of allylic oxidation sites excluding steroid dienone is 2. The number of thiol groups is 1. The van der Waals surface area contributed by atoms with Crippen LogP contribution >= 0.6 is 24.8 Å². The van der Waals surface area contributed by atoms with Crippen molar-refractivity contribution in [1.82, 2.24) is 18.9 Å². The highest BCUT2D eigenvalue weighted by Gasteiger charge is 2.38. The first-order valence-corrected chi connectivity index (χ1v) is 10.4. The summed E-state index contributed by atoms with van der Waals surface area (Å²) in [5, 5.41) is 10.5. The predicted octanol–water partition coefficient (Wildman–Crippen LogP) is 1.99. The molecular weight excluding hydrogens is 412 g/mol. The zero-order valence-corrected chi connectivity index (χ0v) is 18.7. The summed E-state index contributed by atoms with van der Waals surface area (Å²) >= 11 is 9.63. The molecule has 1 aliphatic heterocycles. The highest BCUT2D eigenvalue weighted by atomic mass is 32.1. The highest BCUT2D eigenvalue weighted by Crippen LogP contribution is 2.23. The third kappa shape index (κ3) is 4.04. The molecule has 158 valence electrons. The van der Waals surface area contributed by atoms with Gasteiger partial charge in [-0.05, 0) is 52.1 Å². The second-order valence-corrected chi connectivity index (χ2v) is 7.11. The van der Waals surface area contributed by atoms with Gasteiger partial charge >= 0.3 is 0 Å². The van der Waals surface area contributed by atoms with Gasteiger partial charge in [-0.2, -0.15) is 0 Å². The molecule has 2 amide bonds. The Labute approximate surface area is 180 Å². The molecule has 0 aliphatic carbocycles. The lowest BCUT2D eigenvalue weighted by Gasteiger charge is -2.40. The number of rotatable bonds is 6. The number of amides is 2. The van der Waals surface area contributed by atoms with Gasteiger partial charge in [-0.1, -0.05) is 6.08 Å². The largest absolute Gasteiger partial charge is 0.494 e. The Hall–Kier alpha value is -2.33. The van der Waals surface area contributed by atoms with Crippen molar-refractivity contribution in [3.63, 3.8) is 0 Å². The Morgan fingerprint density at radius 2 is 1.48 bits per heavy atom. The van der Waals surface area contributed by atoms with E-state index in [4.69, 9.17) is 12.2 Å². The number of carbonyl (C=O) groups is 2. The zero-order chi connectivity index (χ0) is 21.9. The molecule has 0 spiro atoms. The second-order valence-electron chi connectivity index (χ2n) is 6.28. The number of aromatic nitrogens is 2. The monoisotopic (exact) mass is 438 g/mol. The summed E-state index contributed by atoms with van der Waals surface area (Å²) in [5.74, 6) is -1.10. The quantitative estimate of drug-likeness (QED) is 0.307. The SMILES string of the molecule is CCN1C(=O)C(=CC=Cc2c(O)n(CC)c(=S)n(CC)c2=O)C(=O)N(CC)C1S. The minimum Gasteiger partial charge on any atom is -0.494 e. The maximum Gasteiger partial charge on any atom is 0.265 e. The van der Waals surface area contributed by atoms with E-state index >= 15 is 0 Å². The highest BCUT2D eigenvalue weighted by molar-refractivity contribution is 7.80. The van der Waals surface area contributed by atoms with Gasteiger partial charge in [0, 0.05) is 26.2 Å². The van der Waals surface area contributed by atoms with Gasteiger partial charge in [-0.25, -0.2) is 0 Å². The van der Waals surface area contributed by atoms with Gasteiger partial charge in [-0.3, -0.25) is 23.5 Å². The number of carbonyl (C=O) groups excluding carboxylic acids is 2. The summed E-state index contributed by atoms with van der Waals surface area (Å²) in [6.45, 7) is 8.76. The fourth-order valence-corrected chi connectivity index (χ4v) is 4.16. The van der Waals surface area contributed by atoms with Crippen molar-refractivity contribution >= 4 is 42.7 Å². The molecule has 29 heavy (non-hydrogen) atoms. The van der Waals surface area contributed by atoms with Crippen LogP contribution in [0.5, 0.6) is 5.88 Å². The third-order valence-electron chi connectivity index (χ3n) is 4.81. The average Bonchev–Trinajstić information content (AvgIpc) is 2.68. The van der Waals surface area contributed by atoms with Crippen molar-refractivity contribution in [3.05, 3.63) is 38.4 Å². The van der Waals surface area contributed by atoms with Crippen LogP contribution in [0.25, 0.3) is 6.08 Å². The van der Waals surface area contributed by atoms with Gasteiger partial charge in [0.25, 0.3) is 17.4 Å². The summed E-state index contributed by atoms with van der Waals surface area (Å²) in [4.78, 5) is 40.9. The Bertz CT molecular complexity index is 967. The van der Waals surface area contributed by atoms with Crippen LogP contribution in [0.15, 0.2) is 22.5 Å². The van der Waals surface area contributed by atoms with E-state index in [2.05, 4.69) is 12.6 Å². The molecule has 1 saturated heterocycles. The van der Waals surface area contributed by atoms with E-state index < -0.39 is 22.9 Å². The summed E-state index contributed by atoms with van der Waals surface area (Å²) < 4.78 is 3.07. The van der Waals surface area contributed by atoms with Crippen molar-refractivity contribution < 1.29 is 14.7 Å². The van der Waals surface area contributed by atoms with E-state index in [1.54, 1.807) is 13.8 Å². The average molecular weight is 439 g/mol. The summed E-state index contributed by atoms with van der Waals surface area (Å²) in [6, 6.07) is 0. The van der Waals surface area contributed by atoms with Gasteiger partial charge in [0.05, 0.1) is 0 Å². The van der Waals surface area contributed by atoms with E-state index in [9.17, 15) is 19.5 Å². The molecule has 2 heterocycles. The van der Waals surface area contributed by atoms with Crippen LogP contribution < -0.4 is 5.56 Å². The van der Waals surface area contributed by atoms with Crippen LogP contribution in [0, 0.1) is 4.77 Å². The maximum absolute atomic E-state index is 12.7. The van der Waals surface area contributed by atoms with Crippen LogP contribution in [0.2, 0.25) is 0 Å². The first-order chi connectivity index (χ1) is 13.7. The van der Waals surface area contributed by atoms with Crippen LogP contribution in [-0.2, 0) is 22.7 Å². The Balaban J connectivity index is 2.53. The molecule has 1 aromatic heterocycles. The van der Waals surface area contributed by atoms with Crippen molar-refractivity contribution in [2.45, 2.75) is 46.3 Å². The molecule has 10 heteroatoms. The minimum atomic E-state index is -0.616. The van der Waals surface area contributed by atoms with Crippen LogP contribution in [0.4, 0.5) is 0 Å². The molecule has 0 unspecified atom stereocenters. The van der Waals surface area contributed by atoms with Gasteiger partial charge < -0.3 is 14.9 Å². The molecule has 0 saturated carbocycles. The number of nitrogens with zero attached hydrogens (tertiary/aromatic N) is 4. The smallest absolute Gasteiger partial charge is 0.265 e. The molecule has 8 nitrogen and oxygen atoms in total. The third-order valence-corrected chi connectivity index (χ3v) is 5.81. The molecule has 0 radical (unpaired) electrons. The lowest BCUT2D eigenvalue weighted by Crippen LogP contribution is -2.57. The zero-order valence-electron chi connectivity index (χ0n) is 17.0. The number of aromatic hydroxyl groups is 1. The molecule has 0 aromatic carbocycles. The van der Waals surface area contributed by atoms with Gasteiger partial charge in [0.15, 0.2) is 10.3 Å². The maximum atomic E-state index is 12.7. The van der Waals surface area contributed by atoms with Crippen LogP contribution in [-0.4, -0.2) is 54.4 Å². The molecular formula is C19H26N4O4S2. The van der Waals surface area contributed by atoms with Crippen molar-refractivity contribution in [2.24, 2.45) is 0 Å². The molecule has 1 aromatic rings. The van der Waals surface area contributed by atoms with Gasteiger partial charge in [-0.15, -0.1) is 12.6 Å². The van der Waals surface area contributed by atoms with Crippen molar-refractivity contribution in [2.75, 3.05) is 13.1 Å². The molecule has 1 fully saturated rings. The lowest BCUT2D eigenvalue weighted by molar-refractivity contribution is -0.145. The minimum absolute atomic E-state index is 0.0196. The summed E-state index contributed by atoms with van der Waals surface area (Å²) in [5.41, 5.74) is -1.03. The van der Waals surface area contributed by atoms with Gasteiger partial charge in [0.2, 0.25) is 5.88 Å². The van der Waals surface area contributed by atoms with E-state index in [1.165, 1.54) is 37.2 Å². The van der Waals surface area contributed by atoms with Crippen molar-refractivity contribution in [1.29, 1.82) is 0 Å². The molecule has 1 aliphatic rings. The Morgan fingerprint density at radius 1 is 0.966 bits per heavy atom. The standard InChI is InChI=1S/C19H26N4O4S2/c1-5-20-14(24)12(15(25)21(6-2)18(20)28)10-9-11-13-16(26)22(7-3)19(29)23(8-4)17(13)27/h9-11,18,26,28H,5-8H2,1-4H3. The fourth-order valence-electron chi connectivity index (χ4n) is 3.20. The van der Waals surface area contributed by atoms with E-state index in [0.29, 0.717) is 26.2 Å². The second kappa shape index (κ2) is 9.45. The topological polar surface area (TPSA) is 87.8 Å². The Kier molecular flexibility index (Phi) is 7.48.